The van der Waals surface area contributed by atoms with Gasteiger partial charge in [0, 0.05) is 16.5 Å². The first kappa shape index (κ1) is 20.4. The van der Waals surface area contributed by atoms with Gasteiger partial charge in [0.25, 0.3) is 0 Å². The van der Waals surface area contributed by atoms with Gasteiger partial charge in [0.2, 0.25) is 5.78 Å². The van der Waals surface area contributed by atoms with Gasteiger partial charge < -0.3 is 10.5 Å². The molecule has 7 heteroatoms. The molecule has 3 aromatic heterocycles. The number of nitrogens with two attached hydrogens (primary N) is 1. The Morgan fingerprint density at radius 3 is 2.53 bits per heavy atom. The first-order valence-corrected chi connectivity index (χ1v) is 11.5. The molecule has 0 fully saturated rings. The average molecular weight is 461 g/mol. The highest BCUT2D eigenvalue weighted by atomic mass is 32.1. The monoisotopic (exact) mass is 460 g/mol. The Morgan fingerprint density at radius 1 is 1.03 bits per heavy atom. The number of carbonyl (C=O) groups is 1. The maximum Gasteiger partial charge on any atom is 0.205 e. The summed E-state index contributed by atoms with van der Waals surface area (Å²) >= 11 is 2.84. The number of fused-ring (bicyclic) bond motifs is 1. The van der Waals surface area contributed by atoms with Crippen LogP contribution < -0.4 is 10.5 Å². The van der Waals surface area contributed by atoms with E-state index in [1.165, 1.54) is 35.6 Å². The minimum absolute atomic E-state index is 0.255. The number of methoxy groups -OCH3 is 1. The van der Waals surface area contributed by atoms with Crippen LogP contribution in [0.5, 0.6) is 5.75 Å². The first-order valence-electron chi connectivity index (χ1n) is 9.77. The van der Waals surface area contributed by atoms with E-state index < -0.39 is 5.82 Å². The Hall–Kier alpha value is -3.55. The van der Waals surface area contributed by atoms with Crippen molar-refractivity contribution in [2.75, 3.05) is 12.8 Å². The number of halogens is 1. The van der Waals surface area contributed by atoms with Crippen LogP contribution in [-0.2, 0) is 0 Å². The number of para-hydroxylation sites is 1. The molecule has 0 amide bonds. The van der Waals surface area contributed by atoms with Crippen molar-refractivity contribution in [3.8, 4) is 27.4 Å². The SMILES string of the molecule is COc1ccccc1-c1cc(-c2cccs2)nc2sc(C(=O)c3ccc(F)cc3)c(N)c12. The number of rotatable bonds is 5. The summed E-state index contributed by atoms with van der Waals surface area (Å²) in [6.07, 6.45) is 0. The normalized spacial score (nSPS) is 11.1. The molecule has 0 aliphatic heterocycles. The molecule has 0 saturated carbocycles. The summed E-state index contributed by atoms with van der Waals surface area (Å²) in [6.45, 7) is 0. The predicted octanol–water partition coefficient (Wildman–Crippen LogP) is 6.65. The van der Waals surface area contributed by atoms with E-state index in [0.717, 1.165) is 21.7 Å². The molecule has 5 rings (SSSR count). The molecule has 0 atom stereocenters. The van der Waals surface area contributed by atoms with E-state index in [2.05, 4.69) is 0 Å². The van der Waals surface area contributed by atoms with Crippen LogP contribution in [-0.4, -0.2) is 17.9 Å². The lowest BCUT2D eigenvalue weighted by atomic mass is 9.99. The fraction of sp³-hybridized carbons (Fsp3) is 0.0400. The number of ether oxygens (including phenoxy) is 1. The third-order valence-electron chi connectivity index (χ3n) is 5.18. The van der Waals surface area contributed by atoms with Gasteiger partial charge in [-0.15, -0.1) is 22.7 Å². The molecule has 0 aliphatic rings. The lowest BCUT2D eigenvalue weighted by Gasteiger charge is -2.11. The van der Waals surface area contributed by atoms with Crippen molar-refractivity contribution in [1.29, 1.82) is 0 Å². The third kappa shape index (κ3) is 3.45. The third-order valence-corrected chi connectivity index (χ3v) is 7.17. The Labute approximate surface area is 191 Å². The number of anilines is 1. The Balaban J connectivity index is 1.77. The first-order chi connectivity index (χ1) is 15.6. The van der Waals surface area contributed by atoms with Gasteiger partial charge in [0.05, 0.1) is 23.4 Å². The maximum absolute atomic E-state index is 13.3. The van der Waals surface area contributed by atoms with Crippen molar-refractivity contribution < 1.29 is 13.9 Å². The molecule has 2 aromatic carbocycles. The Kier molecular flexibility index (Phi) is 5.20. The summed E-state index contributed by atoms with van der Waals surface area (Å²) in [4.78, 5) is 20.1. The summed E-state index contributed by atoms with van der Waals surface area (Å²) in [5, 5.41) is 2.71. The van der Waals surface area contributed by atoms with Crippen LogP contribution >= 0.6 is 22.7 Å². The van der Waals surface area contributed by atoms with E-state index in [4.69, 9.17) is 15.5 Å². The Bertz CT molecular complexity index is 1440. The zero-order valence-corrected chi connectivity index (χ0v) is 18.6. The van der Waals surface area contributed by atoms with Gasteiger partial charge >= 0.3 is 0 Å². The number of hydrogen-bond acceptors (Lipinski definition) is 6. The molecule has 0 spiro atoms. The lowest BCUT2D eigenvalue weighted by molar-refractivity contribution is 0.104. The van der Waals surface area contributed by atoms with Gasteiger partial charge in [-0.2, -0.15) is 0 Å². The number of pyridine rings is 1. The minimum Gasteiger partial charge on any atom is -0.496 e. The van der Waals surface area contributed by atoms with Crippen LogP contribution in [0.1, 0.15) is 15.2 Å². The van der Waals surface area contributed by atoms with E-state index in [0.29, 0.717) is 32.1 Å². The highest BCUT2D eigenvalue weighted by Crippen LogP contribution is 2.44. The molecular formula is C25H17FN2O2S2. The number of aromatic nitrogens is 1. The molecule has 0 unspecified atom stereocenters. The van der Waals surface area contributed by atoms with Crippen LogP contribution in [0.25, 0.3) is 31.9 Å². The smallest absolute Gasteiger partial charge is 0.205 e. The minimum atomic E-state index is -0.397. The van der Waals surface area contributed by atoms with Crippen molar-refractivity contribution >= 4 is 44.4 Å². The van der Waals surface area contributed by atoms with E-state index in [1.807, 2.05) is 47.8 Å². The van der Waals surface area contributed by atoms with Crippen molar-refractivity contribution in [1.82, 2.24) is 4.98 Å². The van der Waals surface area contributed by atoms with Crippen molar-refractivity contribution in [2.45, 2.75) is 0 Å². The van der Waals surface area contributed by atoms with E-state index in [-0.39, 0.29) is 5.78 Å². The molecule has 3 heterocycles. The molecule has 32 heavy (non-hydrogen) atoms. The number of thiophene rings is 2. The quantitative estimate of drug-likeness (QED) is 0.298. The number of benzene rings is 2. The summed E-state index contributed by atoms with van der Waals surface area (Å²) in [5.41, 5.74) is 9.80. The van der Waals surface area contributed by atoms with Crippen molar-refractivity contribution in [2.24, 2.45) is 0 Å². The molecule has 2 N–H and O–H groups in total. The molecule has 0 bridgehead atoms. The zero-order valence-electron chi connectivity index (χ0n) is 17.0. The average Bonchev–Trinajstić information content (AvgIpc) is 3.47. The number of ketones is 1. The van der Waals surface area contributed by atoms with Gasteiger partial charge in [-0.25, -0.2) is 9.37 Å². The maximum atomic E-state index is 13.3. The summed E-state index contributed by atoms with van der Waals surface area (Å²) in [5.74, 6) is 0.0508. The van der Waals surface area contributed by atoms with Gasteiger partial charge in [0.1, 0.15) is 21.3 Å². The molecule has 0 aliphatic carbocycles. The van der Waals surface area contributed by atoms with Gasteiger partial charge in [-0.1, -0.05) is 24.3 Å². The second-order valence-corrected chi connectivity index (χ2v) is 9.04. The number of nitrogen functional groups attached to an aromatic ring is 1. The predicted molar refractivity (Wildman–Crippen MR) is 129 cm³/mol. The molecule has 0 radical (unpaired) electrons. The number of carbonyl (C=O) groups excluding carboxylic acids is 1. The number of hydrogen-bond donors (Lipinski definition) is 1. The van der Waals surface area contributed by atoms with Gasteiger partial charge in [-0.3, -0.25) is 4.79 Å². The van der Waals surface area contributed by atoms with Crippen molar-refractivity contribution in [3.05, 3.63) is 88.4 Å². The zero-order chi connectivity index (χ0) is 22.2. The van der Waals surface area contributed by atoms with Crippen LogP contribution in [0, 0.1) is 5.82 Å². The second-order valence-electron chi connectivity index (χ2n) is 7.09. The molecule has 158 valence electrons. The van der Waals surface area contributed by atoms with Crippen LogP contribution in [0.15, 0.2) is 72.1 Å². The Morgan fingerprint density at radius 2 is 1.81 bits per heavy atom. The molecule has 0 saturated heterocycles. The summed E-state index contributed by atoms with van der Waals surface area (Å²) in [6, 6.07) is 19.1. The van der Waals surface area contributed by atoms with E-state index in [9.17, 15) is 9.18 Å². The second kappa shape index (κ2) is 8.18. The standard InChI is InChI=1S/C25H17FN2O2S2/c1-30-19-6-3-2-5-16(19)17-13-18(20-7-4-12-31-20)28-25-21(17)22(27)24(32-25)23(29)14-8-10-15(26)11-9-14/h2-13H,27H2,1H3. The highest BCUT2D eigenvalue weighted by Gasteiger charge is 2.23. The highest BCUT2D eigenvalue weighted by molar-refractivity contribution is 7.21. The summed E-state index contributed by atoms with van der Waals surface area (Å²) < 4.78 is 18.9. The fourth-order valence-corrected chi connectivity index (χ4v) is 5.42. The summed E-state index contributed by atoms with van der Waals surface area (Å²) in [7, 11) is 1.62. The number of nitrogens with zero attached hydrogens (tertiary/aromatic N) is 1. The topological polar surface area (TPSA) is 65.2 Å². The van der Waals surface area contributed by atoms with Gasteiger partial charge in [-0.05, 0) is 53.4 Å². The van der Waals surface area contributed by atoms with Crippen LogP contribution in [0.2, 0.25) is 0 Å². The largest absolute Gasteiger partial charge is 0.496 e. The van der Waals surface area contributed by atoms with E-state index in [1.54, 1.807) is 18.4 Å². The molecule has 5 aromatic rings. The molecule has 4 nitrogen and oxygen atoms in total. The van der Waals surface area contributed by atoms with Gasteiger partial charge in [0.15, 0.2) is 0 Å². The van der Waals surface area contributed by atoms with Crippen LogP contribution in [0.3, 0.4) is 0 Å². The van der Waals surface area contributed by atoms with Crippen LogP contribution in [0.4, 0.5) is 10.1 Å². The van der Waals surface area contributed by atoms with E-state index >= 15 is 0 Å². The fourth-order valence-electron chi connectivity index (χ4n) is 3.65. The molecular weight excluding hydrogens is 443 g/mol. The lowest BCUT2D eigenvalue weighted by Crippen LogP contribution is -2.02. The van der Waals surface area contributed by atoms with Crippen molar-refractivity contribution in [3.63, 3.8) is 0 Å².